The number of unbranched alkanes of at least 4 members (excludes halogenated alkanes) is 1. The van der Waals surface area contributed by atoms with E-state index in [0.29, 0.717) is 13.2 Å². The number of likely N-dealkylation sites (N-methyl/N-ethyl adjacent to an activating group) is 1. The monoisotopic (exact) mass is 258 g/mol. The van der Waals surface area contributed by atoms with Gasteiger partial charge in [-0.15, -0.1) is 0 Å². The largest absolute Gasteiger partial charge is 0.389 e. The minimum atomic E-state index is -0.358. The van der Waals surface area contributed by atoms with Gasteiger partial charge in [-0.3, -0.25) is 0 Å². The van der Waals surface area contributed by atoms with Crippen LogP contribution in [0.5, 0.6) is 0 Å². The van der Waals surface area contributed by atoms with Crippen molar-refractivity contribution in [3.8, 4) is 0 Å². The lowest BCUT2D eigenvalue weighted by Crippen LogP contribution is -2.40. The Morgan fingerprint density at radius 1 is 1.50 bits per heavy atom. The molecule has 0 radical (unpaired) electrons. The molecule has 0 amide bonds. The van der Waals surface area contributed by atoms with Crippen LogP contribution in [0.1, 0.15) is 32.6 Å². The van der Waals surface area contributed by atoms with Crippen molar-refractivity contribution in [2.45, 2.75) is 38.7 Å². The van der Waals surface area contributed by atoms with E-state index in [1.165, 1.54) is 12.8 Å². The predicted molar refractivity (Wildman–Crippen MR) is 74.8 cm³/mol. The molecule has 1 rings (SSSR count). The van der Waals surface area contributed by atoms with Crippen molar-refractivity contribution in [2.75, 3.05) is 46.4 Å². The quantitative estimate of drug-likeness (QED) is 0.608. The molecule has 4 heteroatoms. The molecule has 2 N–H and O–H groups in total. The summed E-state index contributed by atoms with van der Waals surface area (Å²) in [6.45, 7) is 7.44. The van der Waals surface area contributed by atoms with Gasteiger partial charge in [0.1, 0.15) is 0 Å². The number of piperidine rings is 1. The Bertz CT molecular complexity index is 196. The van der Waals surface area contributed by atoms with Gasteiger partial charge in [0.15, 0.2) is 0 Å². The maximum Gasteiger partial charge on any atom is 0.0900 e. The fourth-order valence-electron chi connectivity index (χ4n) is 2.47. The van der Waals surface area contributed by atoms with Crippen LogP contribution in [0.15, 0.2) is 0 Å². The first-order chi connectivity index (χ1) is 8.72. The molecule has 1 aliphatic heterocycles. The van der Waals surface area contributed by atoms with E-state index in [4.69, 9.17) is 4.74 Å². The molecule has 0 aromatic rings. The van der Waals surface area contributed by atoms with E-state index in [9.17, 15) is 5.11 Å². The first-order valence-corrected chi connectivity index (χ1v) is 7.37. The third kappa shape index (κ3) is 7.31. The summed E-state index contributed by atoms with van der Waals surface area (Å²) in [5, 5.41) is 13.3. The third-order valence-electron chi connectivity index (χ3n) is 3.44. The number of aliphatic hydroxyl groups is 1. The Morgan fingerprint density at radius 2 is 2.33 bits per heavy atom. The molecule has 4 nitrogen and oxygen atoms in total. The van der Waals surface area contributed by atoms with Crippen molar-refractivity contribution in [3.63, 3.8) is 0 Å². The van der Waals surface area contributed by atoms with Crippen LogP contribution in [0.3, 0.4) is 0 Å². The third-order valence-corrected chi connectivity index (χ3v) is 3.44. The molecule has 0 aromatic heterocycles. The molecular formula is C14H30N2O2. The lowest BCUT2D eigenvalue weighted by molar-refractivity contribution is 0.0173. The van der Waals surface area contributed by atoms with E-state index in [-0.39, 0.29) is 6.10 Å². The number of ether oxygens (including phenoxy) is 1. The maximum atomic E-state index is 9.87. The Morgan fingerprint density at radius 3 is 3.00 bits per heavy atom. The van der Waals surface area contributed by atoms with Crippen LogP contribution in [0, 0.1) is 5.92 Å². The van der Waals surface area contributed by atoms with Gasteiger partial charge in [-0.1, -0.05) is 13.3 Å². The van der Waals surface area contributed by atoms with E-state index in [1.54, 1.807) is 0 Å². The molecule has 1 heterocycles. The zero-order valence-electron chi connectivity index (χ0n) is 12.0. The summed E-state index contributed by atoms with van der Waals surface area (Å²) in [5.41, 5.74) is 0. The van der Waals surface area contributed by atoms with Crippen molar-refractivity contribution in [1.29, 1.82) is 0 Å². The van der Waals surface area contributed by atoms with Gasteiger partial charge in [0.2, 0.25) is 0 Å². The van der Waals surface area contributed by atoms with Gasteiger partial charge < -0.3 is 20.1 Å². The summed E-state index contributed by atoms with van der Waals surface area (Å²) >= 11 is 0. The number of nitrogens with one attached hydrogen (secondary N) is 1. The topological polar surface area (TPSA) is 44.7 Å². The summed E-state index contributed by atoms with van der Waals surface area (Å²) in [4.78, 5) is 2.23. The van der Waals surface area contributed by atoms with E-state index in [1.807, 2.05) is 0 Å². The van der Waals surface area contributed by atoms with Gasteiger partial charge >= 0.3 is 0 Å². The lowest BCUT2D eigenvalue weighted by Gasteiger charge is -2.28. The molecule has 2 unspecified atom stereocenters. The second-order valence-corrected chi connectivity index (χ2v) is 5.52. The maximum absolute atomic E-state index is 9.87. The molecule has 0 bridgehead atoms. The number of aliphatic hydroxyl groups excluding tert-OH is 1. The van der Waals surface area contributed by atoms with Crippen molar-refractivity contribution in [3.05, 3.63) is 0 Å². The van der Waals surface area contributed by atoms with E-state index < -0.39 is 0 Å². The SMILES string of the molecule is CCCCOCC(O)CN(C)CC1CCCNC1. The molecule has 0 aromatic carbocycles. The van der Waals surface area contributed by atoms with Crippen LogP contribution in [0.25, 0.3) is 0 Å². The molecule has 18 heavy (non-hydrogen) atoms. The summed E-state index contributed by atoms with van der Waals surface area (Å²) in [5.74, 6) is 0.733. The number of hydrogen-bond donors (Lipinski definition) is 2. The molecule has 0 saturated carbocycles. The van der Waals surface area contributed by atoms with E-state index >= 15 is 0 Å². The standard InChI is InChI=1S/C14H30N2O2/c1-3-4-8-18-12-14(17)11-16(2)10-13-6-5-7-15-9-13/h13-15,17H,3-12H2,1-2H3. The van der Waals surface area contributed by atoms with E-state index in [0.717, 1.165) is 45.0 Å². The van der Waals surface area contributed by atoms with Crippen LogP contribution >= 0.6 is 0 Å². The molecule has 1 fully saturated rings. The Balaban J connectivity index is 2.04. The summed E-state index contributed by atoms with van der Waals surface area (Å²) in [6.07, 6.45) is 4.45. The van der Waals surface area contributed by atoms with Crippen molar-refractivity contribution < 1.29 is 9.84 Å². The van der Waals surface area contributed by atoms with Crippen molar-refractivity contribution in [2.24, 2.45) is 5.92 Å². The lowest BCUT2D eigenvalue weighted by atomic mass is 9.99. The van der Waals surface area contributed by atoms with Gasteiger partial charge in [-0.05, 0) is 45.3 Å². The highest BCUT2D eigenvalue weighted by Gasteiger charge is 2.16. The van der Waals surface area contributed by atoms with Crippen LogP contribution in [-0.2, 0) is 4.74 Å². The fraction of sp³-hybridized carbons (Fsp3) is 1.00. The molecule has 0 aliphatic carbocycles. The Hall–Kier alpha value is -0.160. The average Bonchev–Trinajstić information content (AvgIpc) is 2.35. The van der Waals surface area contributed by atoms with Gasteiger partial charge in [-0.2, -0.15) is 0 Å². The second-order valence-electron chi connectivity index (χ2n) is 5.52. The Labute approximate surface area is 112 Å². The van der Waals surface area contributed by atoms with Crippen LogP contribution in [0.2, 0.25) is 0 Å². The zero-order valence-corrected chi connectivity index (χ0v) is 12.0. The molecule has 108 valence electrons. The molecule has 1 aliphatic rings. The summed E-state index contributed by atoms with van der Waals surface area (Å²) in [6, 6.07) is 0. The first kappa shape index (κ1) is 15.9. The van der Waals surface area contributed by atoms with Gasteiger partial charge in [-0.25, -0.2) is 0 Å². The number of hydrogen-bond acceptors (Lipinski definition) is 4. The highest BCUT2D eigenvalue weighted by molar-refractivity contribution is 4.72. The van der Waals surface area contributed by atoms with Gasteiger partial charge in [0.25, 0.3) is 0 Å². The van der Waals surface area contributed by atoms with E-state index in [2.05, 4.69) is 24.2 Å². The highest BCUT2D eigenvalue weighted by atomic mass is 16.5. The fourth-order valence-corrected chi connectivity index (χ4v) is 2.47. The number of nitrogens with zero attached hydrogens (tertiary/aromatic N) is 1. The second kappa shape index (κ2) is 9.73. The normalized spacial score (nSPS) is 22.3. The molecule has 1 saturated heterocycles. The minimum Gasteiger partial charge on any atom is -0.389 e. The Kier molecular flexibility index (Phi) is 8.59. The number of rotatable bonds is 9. The van der Waals surface area contributed by atoms with Crippen molar-refractivity contribution in [1.82, 2.24) is 10.2 Å². The van der Waals surface area contributed by atoms with Crippen molar-refractivity contribution >= 4 is 0 Å². The highest BCUT2D eigenvalue weighted by Crippen LogP contribution is 2.11. The van der Waals surface area contributed by atoms with Gasteiger partial charge in [0, 0.05) is 19.7 Å². The molecular weight excluding hydrogens is 228 g/mol. The smallest absolute Gasteiger partial charge is 0.0900 e. The molecule has 2 atom stereocenters. The summed E-state index contributed by atoms with van der Waals surface area (Å²) < 4.78 is 5.44. The first-order valence-electron chi connectivity index (χ1n) is 7.37. The summed E-state index contributed by atoms with van der Waals surface area (Å²) in [7, 11) is 2.09. The predicted octanol–water partition coefficient (Wildman–Crippen LogP) is 1.10. The van der Waals surface area contributed by atoms with Crippen LogP contribution in [0.4, 0.5) is 0 Å². The van der Waals surface area contributed by atoms with Crippen LogP contribution < -0.4 is 5.32 Å². The minimum absolute atomic E-state index is 0.358. The van der Waals surface area contributed by atoms with Gasteiger partial charge in [0.05, 0.1) is 12.7 Å². The molecule has 0 spiro atoms. The average molecular weight is 258 g/mol. The van der Waals surface area contributed by atoms with Crippen LogP contribution in [-0.4, -0.2) is 62.6 Å². The zero-order chi connectivity index (χ0) is 13.2.